The third kappa shape index (κ3) is 12.1. The third-order valence-electron chi connectivity index (χ3n) is 12.1. The average molecular weight is 1010 g/mol. The summed E-state index contributed by atoms with van der Waals surface area (Å²) in [6.45, 7) is 8.24. The van der Waals surface area contributed by atoms with Crippen molar-refractivity contribution in [1.82, 2.24) is 44.4 Å². The largest absolute Gasteiger partial charge is 0.497 e. The number of rotatable bonds is 25. The number of nitrogens with one attached hydrogen (secondary N) is 1. The SMILES string of the molecule is COc1ccc(C(OC[C@H]2O[C@@H](n3cnc4c(NC(=O)COc5ccccc5)ncnc43)[C@H](OCCc3nnnn3C)[C@@H]2OP(OCCC#N)N(C(C)C)C(C)C)(c2ccccc2)c2ccc(OC)cc2)cc1. The molecular weight excluding hydrogens is 954 g/mol. The van der Waals surface area contributed by atoms with Crippen molar-refractivity contribution in [3.63, 3.8) is 0 Å². The molecule has 1 amide bonds. The summed E-state index contributed by atoms with van der Waals surface area (Å²) < 4.78 is 58.0. The van der Waals surface area contributed by atoms with Gasteiger partial charge in [0.25, 0.3) is 14.4 Å². The lowest BCUT2D eigenvalue weighted by Gasteiger charge is -2.39. The molecule has 1 N–H and O–H groups in total. The molecule has 0 spiro atoms. The third-order valence-corrected chi connectivity index (χ3v) is 14.3. The van der Waals surface area contributed by atoms with Crippen LogP contribution in [-0.4, -0.2) is 121 Å². The summed E-state index contributed by atoms with van der Waals surface area (Å²) in [6, 6.07) is 36.7. The fraction of sp³-hybridized carbons (Fsp3) is 0.385. The minimum Gasteiger partial charge on any atom is -0.497 e. The zero-order chi connectivity index (χ0) is 51.3. The van der Waals surface area contributed by atoms with Crippen molar-refractivity contribution in [1.29, 1.82) is 5.26 Å². The first kappa shape index (κ1) is 52.4. The number of hydrogen-bond donors (Lipinski definition) is 1. The Balaban J connectivity index is 1.23. The number of anilines is 1. The van der Waals surface area contributed by atoms with Crippen LogP contribution in [0.3, 0.4) is 0 Å². The number of fused-ring (bicyclic) bond motifs is 1. The van der Waals surface area contributed by atoms with Crippen LogP contribution in [0.25, 0.3) is 11.2 Å². The van der Waals surface area contributed by atoms with Gasteiger partial charge in [0.05, 0.1) is 52.9 Å². The molecule has 7 aromatic rings. The van der Waals surface area contributed by atoms with Crippen LogP contribution in [0.1, 0.15) is 62.9 Å². The molecule has 0 saturated carbocycles. The molecule has 0 radical (unpaired) electrons. The molecule has 1 unspecified atom stereocenters. The van der Waals surface area contributed by atoms with E-state index in [0.717, 1.165) is 16.7 Å². The fourth-order valence-electron chi connectivity index (χ4n) is 8.76. The van der Waals surface area contributed by atoms with Crippen LogP contribution in [0.15, 0.2) is 122 Å². The van der Waals surface area contributed by atoms with E-state index in [4.69, 9.17) is 42.5 Å². The van der Waals surface area contributed by atoms with E-state index in [-0.39, 0.29) is 50.7 Å². The molecule has 0 aliphatic carbocycles. The number of carbonyl (C=O) groups excluding carboxylic acids is 1. The van der Waals surface area contributed by atoms with Gasteiger partial charge in [-0.05, 0) is 91.2 Å². The molecular formula is C52H60N11O9P. The molecule has 1 fully saturated rings. The molecule has 8 rings (SSSR count). The van der Waals surface area contributed by atoms with Gasteiger partial charge in [-0.2, -0.15) is 5.26 Å². The number of nitrogens with zero attached hydrogens (tertiary/aromatic N) is 10. The summed E-state index contributed by atoms with van der Waals surface area (Å²) in [4.78, 5) is 27.1. The molecule has 5 atom stereocenters. The van der Waals surface area contributed by atoms with Gasteiger partial charge in [0.2, 0.25) is 0 Å². The number of amides is 1. The van der Waals surface area contributed by atoms with Crippen molar-refractivity contribution in [2.45, 2.75) is 82.8 Å². The summed E-state index contributed by atoms with van der Waals surface area (Å²) in [5, 5.41) is 24.5. The van der Waals surface area contributed by atoms with Gasteiger partial charge in [-0.25, -0.2) is 24.3 Å². The van der Waals surface area contributed by atoms with Gasteiger partial charge in [-0.3, -0.25) is 9.36 Å². The van der Waals surface area contributed by atoms with Crippen LogP contribution in [0.4, 0.5) is 5.82 Å². The first-order valence-corrected chi connectivity index (χ1v) is 25.0. The van der Waals surface area contributed by atoms with Crippen molar-refractivity contribution in [2.24, 2.45) is 7.05 Å². The highest BCUT2D eigenvalue weighted by atomic mass is 31.2. The second-order valence-electron chi connectivity index (χ2n) is 17.5. The number of hydrogen-bond acceptors (Lipinski definition) is 17. The Kier molecular flexibility index (Phi) is 17.7. The maximum atomic E-state index is 13.3. The molecule has 382 valence electrons. The Hall–Kier alpha value is -6.95. The Morgan fingerprint density at radius 2 is 1.48 bits per heavy atom. The molecule has 1 saturated heterocycles. The van der Waals surface area contributed by atoms with Gasteiger partial charge in [-0.15, -0.1) is 5.10 Å². The maximum absolute atomic E-state index is 13.3. The lowest BCUT2D eigenvalue weighted by molar-refractivity contribution is -0.118. The van der Waals surface area contributed by atoms with Gasteiger partial charge in [0, 0.05) is 25.6 Å². The van der Waals surface area contributed by atoms with Crippen molar-refractivity contribution < 1.29 is 42.3 Å². The average Bonchev–Trinajstić information content (AvgIpc) is 4.13. The van der Waals surface area contributed by atoms with E-state index in [1.54, 1.807) is 49.0 Å². The predicted molar refractivity (Wildman–Crippen MR) is 270 cm³/mol. The summed E-state index contributed by atoms with van der Waals surface area (Å²) in [5.41, 5.74) is 1.89. The van der Waals surface area contributed by atoms with Crippen LogP contribution >= 0.6 is 8.53 Å². The minimum atomic E-state index is -1.87. The van der Waals surface area contributed by atoms with Crippen molar-refractivity contribution in [2.75, 3.05) is 46.0 Å². The quantitative estimate of drug-likeness (QED) is 0.0331. The minimum absolute atomic E-state index is 0.0271. The highest BCUT2D eigenvalue weighted by Crippen LogP contribution is 2.52. The molecule has 1 aliphatic heterocycles. The zero-order valence-corrected chi connectivity index (χ0v) is 42.7. The predicted octanol–water partition coefficient (Wildman–Crippen LogP) is 7.58. The normalized spacial score (nSPS) is 17.3. The second-order valence-corrected chi connectivity index (χ2v) is 18.9. The van der Waals surface area contributed by atoms with E-state index < -0.39 is 44.6 Å². The van der Waals surface area contributed by atoms with Gasteiger partial charge in [0.1, 0.15) is 47.5 Å². The molecule has 20 nitrogen and oxygen atoms in total. The number of benzene rings is 4. The van der Waals surface area contributed by atoms with Crippen LogP contribution in [0, 0.1) is 11.3 Å². The molecule has 4 aromatic carbocycles. The van der Waals surface area contributed by atoms with Crippen LogP contribution in [0.2, 0.25) is 0 Å². The number of carbonyl (C=O) groups is 1. The van der Waals surface area contributed by atoms with E-state index in [9.17, 15) is 10.1 Å². The van der Waals surface area contributed by atoms with Gasteiger partial charge in [-0.1, -0.05) is 72.8 Å². The second kappa shape index (κ2) is 24.6. The molecule has 3 aromatic heterocycles. The first-order chi connectivity index (χ1) is 35.5. The van der Waals surface area contributed by atoms with Crippen LogP contribution < -0.4 is 19.5 Å². The maximum Gasteiger partial charge on any atom is 0.263 e. The summed E-state index contributed by atoms with van der Waals surface area (Å²) in [5.74, 6) is 2.23. The molecule has 73 heavy (non-hydrogen) atoms. The number of imidazole rings is 1. The lowest BCUT2D eigenvalue weighted by Crippen LogP contribution is -2.43. The monoisotopic (exact) mass is 1010 g/mol. The summed E-state index contributed by atoms with van der Waals surface area (Å²) in [7, 11) is 3.15. The van der Waals surface area contributed by atoms with E-state index >= 15 is 0 Å². The topological polar surface area (TPSA) is 217 Å². The smallest absolute Gasteiger partial charge is 0.263 e. The molecule has 0 bridgehead atoms. The zero-order valence-electron chi connectivity index (χ0n) is 41.8. The molecule has 21 heteroatoms. The number of nitriles is 1. The Morgan fingerprint density at radius 3 is 2.08 bits per heavy atom. The van der Waals surface area contributed by atoms with Crippen molar-refractivity contribution in [3.05, 3.63) is 144 Å². The van der Waals surface area contributed by atoms with Crippen molar-refractivity contribution >= 4 is 31.4 Å². The number of aromatic nitrogens is 8. The number of ether oxygens (including phenoxy) is 6. The van der Waals surface area contributed by atoms with Gasteiger partial charge in [0.15, 0.2) is 35.6 Å². The Bertz CT molecular complexity index is 2830. The number of methoxy groups -OCH3 is 2. The molecule has 4 heterocycles. The van der Waals surface area contributed by atoms with E-state index in [1.807, 2.05) is 97.1 Å². The van der Waals surface area contributed by atoms with Gasteiger partial charge >= 0.3 is 0 Å². The van der Waals surface area contributed by atoms with E-state index in [0.29, 0.717) is 40.7 Å². The summed E-state index contributed by atoms with van der Waals surface area (Å²) >= 11 is 0. The molecule has 1 aliphatic rings. The highest BCUT2D eigenvalue weighted by molar-refractivity contribution is 7.44. The standard InChI is InChI=1S/C52H60N11O9P/c1-35(2)63(36(3)4)73(70-29-14-28-53)72-47-43(31-69-52(37-15-10-8-11-16-37,38-19-23-40(65-6)24-20-38)39-21-25-41(66-7)26-22-39)71-51(48(47)67-30-27-44-58-59-60-61(44)5)62-34-56-46-49(54-33-55-50(46)62)57-45(64)32-68-42-17-12-9-13-18-42/h8-13,15-26,33-36,43,47-48,51H,14,27,29-32H2,1-7H3,(H,54,55,57,64)/t43-,47-,48-,51-,73?/m1/s1. The van der Waals surface area contributed by atoms with Crippen LogP contribution in [-0.2, 0) is 47.1 Å². The number of para-hydroxylation sites is 1. The van der Waals surface area contributed by atoms with Crippen LogP contribution in [0.5, 0.6) is 17.2 Å². The Labute approximate surface area is 425 Å². The summed E-state index contributed by atoms with van der Waals surface area (Å²) in [6.07, 6.45) is -0.205. The first-order valence-electron chi connectivity index (χ1n) is 23.9. The highest BCUT2D eigenvalue weighted by Gasteiger charge is 2.52. The van der Waals surface area contributed by atoms with E-state index in [1.165, 1.54) is 6.33 Å². The van der Waals surface area contributed by atoms with Crippen molar-refractivity contribution in [3.8, 4) is 23.3 Å². The Morgan fingerprint density at radius 1 is 0.836 bits per heavy atom. The number of tetrazole rings is 1. The van der Waals surface area contributed by atoms with Gasteiger partial charge < -0.3 is 42.8 Å². The lowest BCUT2D eigenvalue weighted by atomic mass is 9.80. The number of aryl methyl sites for hydroxylation is 1. The van der Waals surface area contributed by atoms with E-state index in [2.05, 4.69) is 69.2 Å². The fourth-order valence-corrected chi connectivity index (χ4v) is 10.5.